The van der Waals surface area contributed by atoms with Crippen LogP contribution in [0.4, 0.5) is 0 Å². The van der Waals surface area contributed by atoms with Gasteiger partial charge in [-0.15, -0.1) is 0 Å². The van der Waals surface area contributed by atoms with Crippen molar-refractivity contribution < 1.29 is 28.3 Å². The first-order valence-electron chi connectivity index (χ1n) is 7.94. The molecule has 0 fully saturated rings. The lowest BCUT2D eigenvalue weighted by Crippen LogP contribution is -2.04. The van der Waals surface area contributed by atoms with Crippen LogP contribution in [-0.2, 0) is 0 Å². The van der Waals surface area contributed by atoms with Crippen molar-refractivity contribution in [3.8, 4) is 34.4 Å². The SMILES string of the molecule is COc1ccc(-c2noc(C(=O)c3cc(OC)c(OC)c(OC)c3)n2)cc1. The second kappa shape index (κ2) is 7.77. The summed E-state index contributed by atoms with van der Waals surface area (Å²) in [5.41, 5.74) is 0.970. The zero-order valence-electron chi connectivity index (χ0n) is 15.3. The van der Waals surface area contributed by atoms with E-state index in [9.17, 15) is 4.79 Å². The molecule has 0 N–H and O–H groups in total. The van der Waals surface area contributed by atoms with E-state index >= 15 is 0 Å². The Morgan fingerprint density at radius 1 is 0.889 bits per heavy atom. The summed E-state index contributed by atoms with van der Waals surface area (Å²) in [5.74, 6) is 1.51. The van der Waals surface area contributed by atoms with Gasteiger partial charge in [-0.2, -0.15) is 4.98 Å². The van der Waals surface area contributed by atoms with Gasteiger partial charge in [-0.05, 0) is 36.4 Å². The standard InChI is InChI=1S/C19H18N2O6/c1-23-13-7-5-11(6-8-13)18-20-19(27-21-18)16(22)12-9-14(24-2)17(26-4)15(10-12)25-3/h5-10H,1-4H3. The quantitative estimate of drug-likeness (QED) is 0.586. The third kappa shape index (κ3) is 3.55. The lowest BCUT2D eigenvalue weighted by atomic mass is 10.1. The number of hydrogen-bond acceptors (Lipinski definition) is 8. The molecule has 27 heavy (non-hydrogen) atoms. The van der Waals surface area contributed by atoms with E-state index in [1.165, 1.54) is 33.5 Å². The Labute approximate surface area is 155 Å². The van der Waals surface area contributed by atoms with E-state index in [1.807, 2.05) is 0 Å². The van der Waals surface area contributed by atoms with Crippen molar-refractivity contribution in [2.45, 2.75) is 0 Å². The van der Waals surface area contributed by atoms with Crippen molar-refractivity contribution in [1.29, 1.82) is 0 Å². The second-order valence-electron chi connectivity index (χ2n) is 5.39. The number of ketones is 1. The number of rotatable bonds is 7. The van der Waals surface area contributed by atoms with Crippen molar-refractivity contribution >= 4 is 5.78 Å². The largest absolute Gasteiger partial charge is 0.497 e. The Balaban J connectivity index is 1.93. The highest BCUT2D eigenvalue weighted by atomic mass is 16.5. The highest BCUT2D eigenvalue weighted by Gasteiger charge is 2.22. The minimum Gasteiger partial charge on any atom is -0.497 e. The monoisotopic (exact) mass is 370 g/mol. The molecule has 1 heterocycles. The van der Waals surface area contributed by atoms with Crippen molar-refractivity contribution in [3.05, 3.63) is 47.9 Å². The van der Waals surface area contributed by atoms with E-state index in [4.69, 9.17) is 23.5 Å². The minimum absolute atomic E-state index is 0.143. The van der Waals surface area contributed by atoms with Gasteiger partial charge in [-0.25, -0.2) is 0 Å². The summed E-state index contributed by atoms with van der Waals surface area (Å²) < 4.78 is 26.0. The van der Waals surface area contributed by atoms with Crippen molar-refractivity contribution in [3.63, 3.8) is 0 Å². The van der Waals surface area contributed by atoms with Gasteiger partial charge in [-0.3, -0.25) is 4.79 Å². The summed E-state index contributed by atoms with van der Waals surface area (Å²) >= 11 is 0. The number of nitrogens with zero attached hydrogens (tertiary/aromatic N) is 2. The third-order valence-corrected chi connectivity index (χ3v) is 3.90. The third-order valence-electron chi connectivity index (χ3n) is 3.90. The number of methoxy groups -OCH3 is 4. The molecule has 0 bridgehead atoms. The van der Waals surface area contributed by atoms with Gasteiger partial charge in [0.05, 0.1) is 28.4 Å². The van der Waals surface area contributed by atoms with Crippen LogP contribution in [0.5, 0.6) is 23.0 Å². The van der Waals surface area contributed by atoms with Crippen molar-refractivity contribution in [2.24, 2.45) is 0 Å². The van der Waals surface area contributed by atoms with Crippen LogP contribution < -0.4 is 18.9 Å². The molecule has 0 aliphatic carbocycles. The lowest BCUT2D eigenvalue weighted by Gasteiger charge is -2.12. The first-order chi connectivity index (χ1) is 13.1. The molecule has 0 spiro atoms. The van der Waals surface area contributed by atoms with E-state index < -0.39 is 5.78 Å². The number of carbonyl (C=O) groups is 1. The molecule has 3 aromatic rings. The number of hydrogen-bond donors (Lipinski definition) is 0. The molecular weight excluding hydrogens is 352 g/mol. The zero-order chi connectivity index (χ0) is 19.4. The van der Waals surface area contributed by atoms with Crippen LogP contribution >= 0.6 is 0 Å². The Kier molecular flexibility index (Phi) is 5.25. The van der Waals surface area contributed by atoms with Crippen LogP contribution in [0.15, 0.2) is 40.9 Å². The molecule has 2 aromatic carbocycles. The minimum atomic E-state index is -0.457. The molecule has 0 amide bonds. The van der Waals surface area contributed by atoms with E-state index in [-0.39, 0.29) is 11.5 Å². The molecule has 0 saturated heterocycles. The normalized spacial score (nSPS) is 10.4. The molecule has 0 saturated carbocycles. The first-order valence-corrected chi connectivity index (χ1v) is 7.94. The highest BCUT2D eigenvalue weighted by Crippen LogP contribution is 2.38. The van der Waals surface area contributed by atoms with Gasteiger partial charge in [0.2, 0.25) is 11.6 Å². The number of carbonyl (C=O) groups excluding carboxylic acids is 1. The lowest BCUT2D eigenvalue weighted by molar-refractivity contribution is 0.0993. The number of benzene rings is 2. The summed E-state index contributed by atoms with van der Waals surface area (Å²) in [4.78, 5) is 16.9. The average molecular weight is 370 g/mol. The maximum absolute atomic E-state index is 12.8. The van der Waals surface area contributed by atoms with Crippen LogP contribution in [0.2, 0.25) is 0 Å². The first kappa shape index (κ1) is 18.2. The Morgan fingerprint density at radius 3 is 2.04 bits per heavy atom. The van der Waals surface area contributed by atoms with Crippen molar-refractivity contribution in [2.75, 3.05) is 28.4 Å². The van der Waals surface area contributed by atoms with Gasteiger partial charge in [0.1, 0.15) is 5.75 Å². The van der Waals surface area contributed by atoms with Crippen molar-refractivity contribution in [1.82, 2.24) is 10.1 Å². The Bertz CT molecular complexity index is 924. The van der Waals surface area contributed by atoms with Gasteiger partial charge < -0.3 is 23.5 Å². The van der Waals surface area contributed by atoms with E-state index in [1.54, 1.807) is 31.4 Å². The predicted octanol–water partition coefficient (Wildman–Crippen LogP) is 3.00. The van der Waals surface area contributed by atoms with Crippen LogP contribution in [0.3, 0.4) is 0 Å². The number of aromatic nitrogens is 2. The molecule has 0 unspecified atom stereocenters. The van der Waals surface area contributed by atoms with E-state index in [0.717, 1.165) is 0 Å². The molecule has 0 radical (unpaired) electrons. The van der Waals surface area contributed by atoms with Gasteiger partial charge >= 0.3 is 0 Å². The molecule has 0 aliphatic rings. The molecule has 8 heteroatoms. The second-order valence-corrected chi connectivity index (χ2v) is 5.39. The Morgan fingerprint density at radius 2 is 1.52 bits per heavy atom. The number of ether oxygens (including phenoxy) is 4. The van der Waals surface area contributed by atoms with Crippen LogP contribution in [-0.4, -0.2) is 44.4 Å². The Hall–Kier alpha value is -3.55. The molecule has 0 aliphatic heterocycles. The van der Waals surface area contributed by atoms with Gasteiger partial charge in [0, 0.05) is 11.1 Å². The molecule has 8 nitrogen and oxygen atoms in total. The fourth-order valence-corrected chi connectivity index (χ4v) is 2.51. The topological polar surface area (TPSA) is 92.9 Å². The summed E-state index contributed by atoms with van der Waals surface area (Å²) in [6.45, 7) is 0. The van der Waals surface area contributed by atoms with Gasteiger partial charge in [-0.1, -0.05) is 5.16 Å². The van der Waals surface area contributed by atoms with Gasteiger partial charge in [0.15, 0.2) is 11.5 Å². The predicted molar refractivity (Wildman–Crippen MR) is 95.8 cm³/mol. The maximum Gasteiger partial charge on any atom is 0.299 e. The van der Waals surface area contributed by atoms with Crippen LogP contribution in [0.25, 0.3) is 11.4 Å². The molecule has 3 rings (SSSR count). The molecule has 0 atom stereocenters. The van der Waals surface area contributed by atoms with Crippen LogP contribution in [0, 0.1) is 0 Å². The summed E-state index contributed by atoms with van der Waals surface area (Å²) in [5, 5.41) is 3.87. The van der Waals surface area contributed by atoms with Crippen LogP contribution in [0.1, 0.15) is 16.2 Å². The summed E-state index contributed by atoms with van der Waals surface area (Å²) in [7, 11) is 6.01. The zero-order valence-corrected chi connectivity index (χ0v) is 15.3. The molecular formula is C19H18N2O6. The molecule has 140 valence electrons. The fraction of sp³-hybridized carbons (Fsp3) is 0.211. The van der Waals surface area contributed by atoms with Gasteiger partial charge in [0.25, 0.3) is 11.7 Å². The fourth-order valence-electron chi connectivity index (χ4n) is 2.51. The van der Waals surface area contributed by atoms with E-state index in [0.29, 0.717) is 34.4 Å². The maximum atomic E-state index is 12.8. The highest BCUT2D eigenvalue weighted by molar-refractivity contribution is 6.06. The summed E-state index contributed by atoms with van der Waals surface area (Å²) in [6.07, 6.45) is 0. The molecule has 1 aromatic heterocycles. The average Bonchev–Trinajstić information content (AvgIpc) is 3.22. The summed E-state index contributed by atoms with van der Waals surface area (Å²) in [6, 6.07) is 10.1. The smallest absolute Gasteiger partial charge is 0.299 e. The van der Waals surface area contributed by atoms with E-state index in [2.05, 4.69) is 10.1 Å².